The molecule has 0 amide bonds. The van der Waals surface area contributed by atoms with Gasteiger partial charge in [-0.2, -0.15) is 5.48 Å². The Morgan fingerprint density at radius 1 is 1.43 bits per heavy atom. The maximum atomic E-state index is 11.5. The highest BCUT2D eigenvalue weighted by Gasteiger charge is 2.34. The van der Waals surface area contributed by atoms with Gasteiger partial charge in [0.1, 0.15) is 12.1 Å². The van der Waals surface area contributed by atoms with Crippen LogP contribution in [0.15, 0.2) is 30.3 Å². The predicted molar refractivity (Wildman–Crippen MR) is 75.7 cm³/mol. The molecule has 8 heteroatoms. The number of carbonyl (C=O) groups excluding carboxylic acids is 1. The topological polar surface area (TPSA) is 111 Å². The molecule has 21 heavy (non-hydrogen) atoms. The van der Waals surface area contributed by atoms with Crippen molar-refractivity contribution in [2.45, 2.75) is 31.9 Å². The quantitative estimate of drug-likeness (QED) is 0.518. The van der Waals surface area contributed by atoms with Gasteiger partial charge in [-0.15, -0.1) is 0 Å². The molecule has 1 aliphatic rings. The predicted octanol–water partition coefficient (Wildman–Crippen LogP) is 1.65. The van der Waals surface area contributed by atoms with Gasteiger partial charge in [0.05, 0.1) is 0 Å². The van der Waals surface area contributed by atoms with Gasteiger partial charge in [0.15, 0.2) is 0 Å². The monoisotopic (exact) mass is 314 g/mol. The smallest absolute Gasteiger partial charge is 0.379 e. The third kappa shape index (κ3) is 5.22. The first kappa shape index (κ1) is 16.1. The zero-order valence-corrected chi connectivity index (χ0v) is 12.5. The van der Waals surface area contributed by atoms with E-state index < -0.39 is 19.8 Å². The molecule has 3 atom stereocenters. The van der Waals surface area contributed by atoms with E-state index >= 15 is 0 Å². The van der Waals surface area contributed by atoms with Gasteiger partial charge < -0.3 is 9.42 Å². The molecule has 0 radical (unpaired) electrons. The van der Waals surface area contributed by atoms with E-state index in [1.165, 1.54) is 6.92 Å². The molecule has 1 aliphatic carbocycles. The lowest BCUT2D eigenvalue weighted by Gasteiger charge is -2.20. The minimum Gasteiger partial charge on any atom is -0.379 e. The van der Waals surface area contributed by atoms with E-state index in [2.05, 4.69) is 10.0 Å². The second-order valence-electron chi connectivity index (χ2n) is 5.10. The molecule has 0 saturated heterocycles. The van der Waals surface area contributed by atoms with Crippen LogP contribution in [-0.2, 0) is 18.7 Å². The summed E-state index contributed by atoms with van der Waals surface area (Å²) in [5, 5.41) is 0. The zero-order valence-electron chi connectivity index (χ0n) is 11.6. The van der Waals surface area contributed by atoms with Crippen molar-refractivity contribution in [3.63, 3.8) is 0 Å². The lowest BCUT2D eigenvalue weighted by Crippen LogP contribution is -2.36. The minimum absolute atomic E-state index is 0.166. The molecule has 2 rings (SSSR count). The molecular weight excluding hydrogens is 295 g/mol. The van der Waals surface area contributed by atoms with Crippen molar-refractivity contribution < 1.29 is 23.6 Å². The van der Waals surface area contributed by atoms with Crippen molar-refractivity contribution in [3.05, 3.63) is 35.9 Å². The first-order valence-electron chi connectivity index (χ1n) is 6.68. The molecule has 1 aromatic carbocycles. The number of hydrogen-bond acceptors (Lipinski definition) is 5. The molecule has 7 nitrogen and oxygen atoms in total. The molecule has 0 aliphatic heterocycles. The van der Waals surface area contributed by atoms with Crippen molar-refractivity contribution >= 4 is 13.7 Å². The molecule has 0 heterocycles. The molecule has 1 aromatic rings. The fraction of sp³-hybridized carbons (Fsp3) is 0.462. The summed E-state index contributed by atoms with van der Waals surface area (Å²) in [5.74, 6) is -0.535. The maximum Gasteiger partial charge on any atom is 0.455 e. The van der Waals surface area contributed by atoms with Gasteiger partial charge in [-0.3, -0.25) is 4.84 Å². The second-order valence-corrected chi connectivity index (χ2v) is 6.41. The summed E-state index contributed by atoms with van der Waals surface area (Å²) in [7, 11) is -4.33. The molecule has 2 unspecified atom stereocenters. The second kappa shape index (κ2) is 6.68. The molecule has 1 fully saturated rings. The highest BCUT2D eigenvalue weighted by atomic mass is 31.2. The third-order valence-electron chi connectivity index (χ3n) is 3.12. The summed E-state index contributed by atoms with van der Waals surface area (Å²) in [5.41, 5.74) is 8.36. The van der Waals surface area contributed by atoms with Crippen molar-refractivity contribution in [1.29, 1.82) is 0 Å². The first-order chi connectivity index (χ1) is 9.87. The molecular formula is C13H19N2O5P. The van der Waals surface area contributed by atoms with E-state index in [1.807, 2.05) is 30.3 Å². The summed E-state index contributed by atoms with van der Waals surface area (Å²) < 4.78 is 15.1. The van der Waals surface area contributed by atoms with Crippen LogP contribution < -0.4 is 11.0 Å². The van der Waals surface area contributed by atoms with Crippen LogP contribution in [0.5, 0.6) is 0 Å². The van der Waals surface area contributed by atoms with E-state index in [1.54, 1.807) is 0 Å². The van der Waals surface area contributed by atoms with Crippen molar-refractivity contribution in [2.75, 3.05) is 0 Å². The Labute approximate surface area is 123 Å². The zero-order chi connectivity index (χ0) is 15.5. The number of benzene rings is 1. The molecule has 116 valence electrons. The van der Waals surface area contributed by atoms with Gasteiger partial charge in [-0.1, -0.05) is 30.3 Å². The Morgan fingerprint density at radius 2 is 2.05 bits per heavy atom. The lowest BCUT2D eigenvalue weighted by atomic mass is 10.1. The summed E-state index contributed by atoms with van der Waals surface area (Å²) in [6.07, 6.45) is 1.96. The Balaban J connectivity index is 1.91. The van der Waals surface area contributed by atoms with Crippen molar-refractivity contribution in [1.82, 2.24) is 5.48 Å². The Hall–Kier alpha value is -1.24. The van der Waals surface area contributed by atoms with Crippen molar-refractivity contribution in [2.24, 2.45) is 11.4 Å². The fourth-order valence-corrected chi connectivity index (χ4v) is 2.33. The summed E-state index contributed by atoms with van der Waals surface area (Å²) in [6.45, 7) is 1.47. The van der Waals surface area contributed by atoms with Gasteiger partial charge in [-0.05, 0) is 31.2 Å². The lowest BCUT2D eigenvalue weighted by molar-refractivity contribution is -0.144. The largest absolute Gasteiger partial charge is 0.455 e. The number of carbonyl (C=O) groups is 1. The highest BCUT2D eigenvalue weighted by molar-refractivity contribution is 7.50. The van der Waals surface area contributed by atoms with E-state index in [4.69, 9.17) is 15.2 Å². The molecule has 1 saturated carbocycles. The Kier molecular flexibility index (Phi) is 5.13. The van der Waals surface area contributed by atoms with Crippen LogP contribution in [0.25, 0.3) is 0 Å². The van der Waals surface area contributed by atoms with E-state index in [0.29, 0.717) is 5.92 Å². The number of hydroxylamine groups is 1. The van der Waals surface area contributed by atoms with Gasteiger partial charge in [-0.25, -0.2) is 14.9 Å². The summed E-state index contributed by atoms with van der Waals surface area (Å²) in [6, 6.07) is 8.76. The van der Waals surface area contributed by atoms with Crippen LogP contribution in [0, 0.1) is 5.92 Å². The van der Waals surface area contributed by atoms with Gasteiger partial charge in [0.2, 0.25) is 0 Å². The first-order valence-corrected chi connectivity index (χ1v) is 8.32. The average Bonchev–Trinajstić information content (AvgIpc) is 3.22. The molecule has 0 spiro atoms. The molecule has 0 bridgehead atoms. The standard InChI is InChI=1S/C13H19N2O5P/c1-9(13(16)20-21(14,17)18)15-19-12(11-7-8-11)10-5-3-2-4-6-10/h2-6,9,11-12,15H,7-8H2,1H3,(H3,14,17,18)/t9-,12?/m0/s1. The number of rotatable bonds is 7. The maximum absolute atomic E-state index is 11.5. The molecule has 4 N–H and O–H groups in total. The van der Waals surface area contributed by atoms with E-state index in [-0.39, 0.29) is 6.10 Å². The average molecular weight is 314 g/mol. The van der Waals surface area contributed by atoms with Crippen molar-refractivity contribution in [3.8, 4) is 0 Å². The molecule has 0 aromatic heterocycles. The highest BCUT2D eigenvalue weighted by Crippen LogP contribution is 2.42. The van der Waals surface area contributed by atoms with Crippen LogP contribution in [0.1, 0.15) is 31.4 Å². The van der Waals surface area contributed by atoms with Gasteiger partial charge in [0.25, 0.3) is 0 Å². The number of nitrogens with one attached hydrogen (secondary N) is 1. The third-order valence-corrected chi connectivity index (χ3v) is 3.57. The summed E-state index contributed by atoms with van der Waals surface area (Å²) in [4.78, 5) is 25.9. The SMILES string of the molecule is C[C@H](NOC(c1ccccc1)C1CC1)C(=O)OP(N)(=O)O. The van der Waals surface area contributed by atoms with E-state index in [9.17, 15) is 9.36 Å². The van der Waals surface area contributed by atoms with Crippen LogP contribution in [0.3, 0.4) is 0 Å². The Morgan fingerprint density at radius 3 is 2.57 bits per heavy atom. The van der Waals surface area contributed by atoms with Crippen LogP contribution in [0.2, 0.25) is 0 Å². The summed E-state index contributed by atoms with van der Waals surface area (Å²) >= 11 is 0. The van der Waals surface area contributed by atoms with Crippen LogP contribution in [-0.4, -0.2) is 16.9 Å². The van der Waals surface area contributed by atoms with E-state index in [0.717, 1.165) is 18.4 Å². The van der Waals surface area contributed by atoms with Gasteiger partial charge in [0, 0.05) is 0 Å². The van der Waals surface area contributed by atoms with Gasteiger partial charge >= 0.3 is 13.7 Å². The van der Waals surface area contributed by atoms with Crippen LogP contribution >= 0.6 is 7.75 Å². The minimum atomic E-state index is -4.33. The number of nitrogens with two attached hydrogens (primary N) is 1. The number of hydrogen-bond donors (Lipinski definition) is 3. The Bertz CT molecular complexity index is 529. The fourth-order valence-electron chi connectivity index (χ4n) is 1.91. The van der Waals surface area contributed by atoms with Crippen LogP contribution in [0.4, 0.5) is 0 Å². The normalized spacial score (nSPS) is 20.3.